The average Bonchev–Trinajstić information content (AvgIpc) is 3.36. The highest BCUT2D eigenvalue weighted by molar-refractivity contribution is 7.19. The molecule has 7 heteroatoms. The minimum absolute atomic E-state index is 0.698. The lowest BCUT2D eigenvalue weighted by Crippen LogP contribution is -1.90. The highest BCUT2D eigenvalue weighted by Crippen LogP contribution is 2.35. The van der Waals surface area contributed by atoms with E-state index in [4.69, 9.17) is 21.1 Å². The van der Waals surface area contributed by atoms with Gasteiger partial charge in [-0.2, -0.15) is 9.61 Å². The van der Waals surface area contributed by atoms with Gasteiger partial charge in [0.1, 0.15) is 11.5 Å². The molecule has 0 spiro atoms. The maximum atomic E-state index is 5.97. The summed E-state index contributed by atoms with van der Waals surface area (Å²) in [5.74, 6) is 2.33. The molecule has 0 amide bonds. The fraction of sp³-hybridized carbons (Fsp3) is 0.0500. The summed E-state index contributed by atoms with van der Waals surface area (Å²) in [7, 11) is 0. The van der Waals surface area contributed by atoms with Gasteiger partial charge in [-0.15, -0.1) is 10.2 Å². The molecular weight excluding hydrogens is 380 g/mol. The second kappa shape index (κ2) is 6.33. The number of aromatic nitrogens is 4. The molecule has 0 bridgehead atoms. The normalized spacial score (nSPS) is 11.3. The molecule has 3 heterocycles. The van der Waals surface area contributed by atoms with Crippen molar-refractivity contribution in [1.29, 1.82) is 0 Å². The Balaban J connectivity index is 1.58. The number of furan rings is 1. The van der Waals surface area contributed by atoms with Gasteiger partial charge in [0.25, 0.3) is 0 Å². The molecule has 2 aromatic carbocycles. The molecule has 0 unspecified atom stereocenters. The van der Waals surface area contributed by atoms with Gasteiger partial charge in [-0.3, -0.25) is 0 Å². The number of rotatable bonds is 3. The maximum absolute atomic E-state index is 5.97. The number of hydrogen-bond donors (Lipinski definition) is 0. The quantitative estimate of drug-likeness (QED) is 0.392. The second-order valence-electron chi connectivity index (χ2n) is 6.08. The van der Waals surface area contributed by atoms with Crippen LogP contribution in [-0.4, -0.2) is 19.8 Å². The Morgan fingerprint density at radius 2 is 1.74 bits per heavy atom. The molecule has 0 aliphatic carbocycles. The van der Waals surface area contributed by atoms with Crippen molar-refractivity contribution in [3.05, 3.63) is 71.4 Å². The Kier molecular flexibility index (Phi) is 3.81. The summed E-state index contributed by atoms with van der Waals surface area (Å²) in [5.41, 5.74) is 2.91. The summed E-state index contributed by atoms with van der Waals surface area (Å²) in [6, 6.07) is 19.5. The monoisotopic (exact) mass is 392 g/mol. The van der Waals surface area contributed by atoms with Crippen molar-refractivity contribution in [2.75, 3.05) is 0 Å². The van der Waals surface area contributed by atoms with E-state index < -0.39 is 0 Å². The molecule has 0 aliphatic heterocycles. The molecule has 132 valence electrons. The molecule has 27 heavy (non-hydrogen) atoms. The van der Waals surface area contributed by atoms with Crippen LogP contribution >= 0.6 is 22.9 Å². The van der Waals surface area contributed by atoms with E-state index in [0.29, 0.717) is 5.02 Å². The SMILES string of the molecule is Cc1oc(-c2ccc(Cl)cc2)cc1-c1nn2c(-c3ccccc3)nnc2s1. The molecule has 0 fully saturated rings. The van der Waals surface area contributed by atoms with Gasteiger partial charge in [0.05, 0.1) is 5.56 Å². The zero-order valence-electron chi connectivity index (χ0n) is 14.3. The highest BCUT2D eigenvalue weighted by Gasteiger charge is 2.18. The first-order chi connectivity index (χ1) is 13.2. The van der Waals surface area contributed by atoms with Crippen LogP contribution in [0.1, 0.15) is 5.76 Å². The molecule has 0 radical (unpaired) electrons. The average molecular weight is 393 g/mol. The molecule has 5 nitrogen and oxygen atoms in total. The predicted molar refractivity (Wildman–Crippen MR) is 107 cm³/mol. The Morgan fingerprint density at radius 1 is 0.963 bits per heavy atom. The molecule has 0 saturated heterocycles. The summed E-state index contributed by atoms with van der Waals surface area (Å²) in [4.78, 5) is 0.748. The Morgan fingerprint density at radius 3 is 2.52 bits per heavy atom. The van der Waals surface area contributed by atoms with Gasteiger partial charge in [-0.05, 0) is 37.3 Å². The topological polar surface area (TPSA) is 56.2 Å². The van der Waals surface area contributed by atoms with Crippen molar-refractivity contribution in [3.63, 3.8) is 0 Å². The van der Waals surface area contributed by atoms with Crippen molar-refractivity contribution in [1.82, 2.24) is 19.8 Å². The van der Waals surface area contributed by atoms with E-state index in [-0.39, 0.29) is 0 Å². The lowest BCUT2D eigenvalue weighted by Gasteiger charge is -1.95. The minimum atomic E-state index is 0.698. The third-order valence-electron chi connectivity index (χ3n) is 4.30. The summed E-state index contributed by atoms with van der Waals surface area (Å²) in [6.45, 7) is 1.94. The summed E-state index contributed by atoms with van der Waals surface area (Å²) >= 11 is 7.46. The number of aryl methyl sites for hydroxylation is 1. The van der Waals surface area contributed by atoms with E-state index in [2.05, 4.69) is 10.2 Å². The van der Waals surface area contributed by atoms with Gasteiger partial charge >= 0.3 is 0 Å². The Labute approximate surface area is 163 Å². The lowest BCUT2D eigenvalue weighted by atomic mass is 10.1. The van der Waals surface area contributed by atoms with Crippen LogP contribution in [0.5, 0.6) is 0 Å². The maximum Gasteiger partial charge on any atom is 0.235 e. The lowest BCUT2D eigenvalue weighted by molar-refractivity contribution is 0.549. The number of nitrogens with zero attached hydrogens (tertiary/aromatic N) is 4. The molecule has 0 saturated carbocycles. The number of halogens is 1. The van der Waals surface area contributed by atoms with E-state index >= 15 is 0 Å². The fourth-order valence-corrected chi connectivity index (χ4v) is 3.97. The van der Waals surface area contributed by atoms with Gasteiger partial charge < -0.3 is 4.42 Å². The third kappa shape index (κ3) is 2.83. The Hall–Kier alpha value is -2.96. The molecular formula is C20H13ClN4OS. The zero-order chi connectivity index (χ0) is 18.4. The van der Waals surface area contributed by atoms with Crippen LogP contribution in [-0.2, 0) is 0 Å². The van der Waals surface area contributed by atoms with Gasteiger partial charge in [-0.25, -0.2) is 0 Å². The molecule has 0 aliphatic rings. The molecule has 5 rings (SSSR count). The number of benzene rings is 2. The summed E-state index contributed by atoms with van der Waals surface area (Å²) < 4.78 is 7.74. The first-order valence-electron chi connectivity index (χ1n) is 8.33. The van der Waals surface area contributed by atoms with Crippen LogP contribution in [0.4, 0.5) is 0 Å². The van der Waals surface area contributed by atoms with Crippen LogP contribution in [0.25, 0.3) is 38.2 Å². The first-order valence-corrected chi connectivity index (χ1v) is 9.53. The van der Waals surface area contributed by atoms with E-state index in [1.54, 1.807) is 4.52 Å². The van der Waals surface area contributed by atoms with Gasteiger partial charge in [0.2, 0.25) is 4.96 Å². The van der Waals surface area contributed by atoms with Crippen molar-refractivity contribution in [3.8, 4) is 33.3 Å². The van der Waals surface area contributed by atoms with Gasteiger partial charge in [-0.1, -0.05) is 53.3 Å². The smallest absolute Gasteiger partial charge is 0.235 e. The number of hydrogen-bond acceptors (Lipinski definition) is 5. The van der Waals surface area contributed by atoms with Crippen LogP contribution in [0.3, 0.4) is 0 Å². The Bertz CT molecular complexity index is 1240. The third-order valence-corrected chi connectivity index (χ3v) is 5.48. The van der Waals surface area contributed by atoms with Crippen molar-refractivity contribution in [2.24, 2.45) is 0 Å². The largest absolute Gasteiger partial charge is 0.461 e. The fourth-order valence-electron chi connectivity index (χ4n) is 2.94. The van der Waals surface area contributed by atoms with Crippen molar-refractivity contribution in [2.45, 2.75) is 6.92 Å². The van der Waals surface area contributed by atoms with Crippen LogP contribution in [0.2, 0.25) is 5.02 Å². The summed E-state index contributed by atoms with van der Waals surface area (Å²) in [5, 5.41) is 14.8. The highest BCUT2D eigenvalue weighted by atomic mass is 35.5. The first kappa shape index (κ1) is 16.2. The zero-order valence-corrected chi connectivity index (χ0v) is 15.8. The van der Waals surface area contributed by atoms with E-state index in [0.717, 1.165) is 44.0 Å². The van der Waals surface area contributed by atoms with Crippen LogP contribution < -0.4 is 0 Å². The van der Waals surface area contributed by atoms with E-state index in [1.807, 2.05) is 67.6 Å². The van der Waals surface area contributed by atoms with E-state index in [9.17, 15) is 0 Å². The van der Waals surface area contributed by atoms with Crippen molar-refractivity contribution < 1.29 is 4.42 Å². The van der Waals surface area contributed by atoms with Gasteiger partial charge in [0.15, 0.2) is 10.8 Å². The van der Waals surface area contributed by atoms with Crippen molar-refractivity contribution >= 4 is 27.9 Å². The van der Waals surface area contributed by atoms with E-state index in [1.165, 1.54) is 11.3 Å². The summed E-state index contributed by atoms with van der Waals surface area (Å²) in [6.07, 6.45) is 0. The second-order valence-corrected chi connectivity index (χ2v) is 7.47. The standard InChI is InChI=1S/C20H13ClN4OS/c1-12-16(11-17(26-12)13-7-9-15(21)10-8-13)19-24-25-18(22-23-20(25)27-19)14-5-3-2-4-6-14/h2-11H,1H3. The van der Waals surface area contributed by atoms with Crippen LogP contribution in [0, 0.1) is 6.92 Å². The molecule has 5 aromatic rings. The molecule has 3 aromatic heterocycles. The predicted octanol–water partition coefficient (Wildman–Crippen LogP) is 5.74. The minimum Gasteiger partial charge on any atom is -0.461 e. The number of fused-ring (bicyclic) bond motifs is 1. The molecule has 0 N–H and O–H groups in total. The van der Waals surface area contributed by atoms with Gasteiger partial charge in [0, 0.05) is 16.1 Å². The van der Waals surface area contributed by atoms with Crippen LogP contribution in [0.15, 0.2) is 65.1 Å². The molecule has 0 atom stereocenters.